The Morgan fingerprint density at radius 1 is 1.00 bits per heavy atom. The van der Waals surface area contributed by atoms with Crippen LogP contribution in [0, 0.1) is 12.8 Å². The number of amides is 1. The summed E-state index contributed by atoms with van der Waals surface area (Å²) in [5, 5.41) is 3.18. The Balaban J connectivity index is 2.19. The summed E-state index contributed by atoms with van der Waals surface area (Å²) >= 11 is 0. The number of hydrogen-bond donors (Lipinski definition) is 1. The molecule has 2 nitrogen and oxygen atoms in total. The van der Waals surface area contributed by atoms with Crippen LogP contribution in [0.3, 0.4) is 0 Å². The second kappa shape index (κ2) is 7.07. The molecule has 1 N–H and O–H groups in total. The lowest BCUT2D eigenvalue weighted by atomic mass is 9.96. The highest BCUT2D eigenvalue weighted by Gasteiger charge is 2.17. The largest absolute Gasteiger partial charge is 0.345 e. The van der Waals surface area contributed by atoms with E-state index in [1.807, 2.05) is 49.4 Å². The van der Waals surface area contributed by atoms with Gasteiger partial charge in [0.2, 0.25) is 0 Å². The van der Waals surface area contributed by atoms with Crippen molar-refractivity contribution in [1.29, 1.82) is 0 Å². The van der Waals surface area contributed by atoms with Crippen LogP contribution < -0.4 is 5.32 Å². The third-order valence-corrected chi connectivity index (χ3v) is 3.60. The van der Waals surface area contributed by atoms with Crippen molar-refractivity contribution in [3.05, 3.63) is 71.3 Å². The van der Waals surface area contributed by atoms with E-state index in [1.165, 1.54) is 0 Å². The molecule has 2 aromatic carbocycles. The molecule has 0 aliphatic heterocycles. The van der Waals surface area contributed by atoms with Gasteiger partial charge in [0.25, 0.3) is 5.91 Å². The lowest BCUT2D eigenvalue weighted by Crippen LogP contribution is -2.30. The van der Waals surface area contributed by atoms with Crippen molar-refractivity contribution in [2.45, 2.75) is 33.2 Å². The van der Waals surface area contributed by atoms with E-state index < -0.39 is 0 Å². The van der Waals surface area contributed by atoms with E-state index in [4.69, 9.17) is 0 Å². The zero-order valence-electron chi connectivity index (χ0n) is 13.0. The average molecular weight is 281 g/mol. The standard InChI is InChI=1S/C19H23NO/c1-14(2)13-18(16-10-5-4-6-11-16)20-19(21)17-12-8-7-9-15(17)3/h4-12,14,18H,13H2,1-3H3,(H,20,21)/t18-/m1/s1. The number of carbonyl (C=O) groups excluding carboxylic acids is 1. The topological polar surface area (TPSA) is 29.1 Å². The van der Waals surface area contributed by atoms with Crippen molar-refractivity contribution >= 4 is 5.91 Å². The monoisotopic (exact) mass is 281 g/mol. The van der Waals surface area contributed by atoms with Gasteiger partial charge in [0, 0.05) is 5.56 Å². The Morgan fingerprint density at radius 3 is 2.24 bits per heavy atom. The van der Waals surface area contributed by atoms with Gasteiger partial charge in [0.05, 0.1) is 6.04 Å². The predicted octanol–water partition coefficient (Wildman–Crippen LogP) is 4.51. The van der Waals surface area contributed by atoms with Gasteiger partial charge >= 0.3 is 0 Å². The first-order valence-electron chi connectivity index (χ1n) is 7.49. The molecule has 0 aliphatic rings. The zero-order valence-corrected chi connectivity index (χ0v) is 13.0. The summed E-state index contributed by atoms with van der Waals surface area (Å²) in [6.45, 7) is 6.32. The Labute approximate surface area is 127 Å². The van der Waals surface area contributed by atoms with Crippen molar-refractivity contribution in [1.82, 2.24) is 5.32 Å². The molecule has 21 heavy (non-hydrogen) atoms. The minimum absolute atomic E-state index is 0.00241. The molecule has 110 valence electrons. The van der Waals surface area contributed by atoms with Crippen LogP contribution in [-0.2, 0) is 0 Å². The summed E-state index contributed by atoms with van der Waals surface area (Å²) < 4.78 is 0. The molecule has 0 aliphatic carbocycles. The fourth-order valence-electron chi connectivity index (χ4n) is 2.50. The summed E-state index contributed by atoms with van der Waals surface area (Å²) in [5.41, 5.74) is 2.92. The van der Waals surface area contributed by atoms with Crippen LogP contribution in [0.25, 0.3) is 0 Å². The van der Waals surface area contributed by atoms with Crippen molar-refractivity contribution < 1.29 is 4.79 Å². The molecule has 1 atom stereocenters. The molecule has 0 heterocycles. The third kappa shape index (κ3) is 4.19. The van der Waals surface area contributed by atoms with Crippen LogP contribution in [0.2, 0.25) is 0 Å². The Kier molecular flexibility index (Phi) is 5.15. The number of nitrogens with one attached hydrogen (secondary N) is 1. The Morgan fingerprint density at radius 2 is 1.62 bits per heavy atom. The molecule has 2 aromatic rings. The summed E-state index contributed by atoms with van der Waals surface area (Å²) in [6.07, 6.45) is 0.932. The Hall–Kier alpha value is -2.09. The summed E-state index contributed by atoms with van der Waals surface area (Å²) in [4.78, 5) is 12.5. The van der Waals surface area contributed by atoms with Gasteiger partial charge in [0.15, 0.2) is 0 Å². The first-order chi connectivity index (χ1) is 10.1. The molecular weight excluding hydrogens is 258 g/mol. The third-order valence-electron chi connectivity index (χ3n) is 3.60. The molecule has 0 aromatic heterocycles. The smallest absolute Gasteiger partial charge is 0.252 e. The van der Waals surface area contributed by atoms with E-state index in [2.05, 4.69) is 31.3 Å². The van der Waals surface area contributed by atoms with Gasteiger partial charge in [-0.05, 0) is 36.5 Å². The first kappa shape index (κ1) is 15.3. The molecule has 2 heteroatoms. The van der Waals surface area contributed by atoms with Crippen LogP contribution in [0.1, 0.15) is 47.8 Å². The number of benzene rings is 2. The van der Waals surface area contributed by atoms with Gasteiger partial charge in [0.1, 0.15) is 0 Å². The zero-order chi connectivity index (χ0) is 15.2. The van der Waals surface area contributed by atoms with Gasteiger partial charge < -0.3 is 5.32 Å². The van der Waals surface area contributed by atoms with E-state index in [0.29, 0.717) is 5.92 Å². The molecule has 1 amide bonds. The van der Waals surface area contributed by atoms with E-state index in [0.717, 1.165) is 23.1 Å². The van der Waals surface area contributed by atoms with E-state index in [9.17, 15) is 4.79 Å². The van der Waals surface area contributed by atoms with Crippen LogP contribution in [0.4, 0.5) is 0 Å². The molecule has 2 rings (SSSR count). The fraction of sp³-hybridized carbons (Fsp3) is 0.316. The maximum atomic E-state index is 12.5. The maximum Gasteiger partial charge on any atom is 0.252 e. The lowest BCUT2D eigenvalue weighted by molar-refractivity contribution is 0.0931. The highest BCUT2D eigenvalue weighted by Crippen LogP contribution is 2.22. The Bertz CT molecular complexity index is 590. The first-order valence-corrected chi connectivity index (χ1v) is 7.49. The van der Waals surface area contributed by atoms with E-state index in [-0.39, 0.29) is 11.9 Å². The van der Waals surface area contributed by atoms with Crippen molar-refractivity contribution in [2.75, 3.05) is 0 Å². The van der Waals surface area contributed by atoms with Gasteiger partial charge in [-0.15, -0.1) is 0 Å². The normalized spacial score (nSPS) is 12.2. The van der Waals surface area contributed by atoms with Gasteiger partial charge in [-0.25, -0.2) is 0 Å². The van der Waals surface area contributed by atoms with Gasteiger partial charge in [-0.1, -0.05) is 62.4 Å². The SMILES string of the molecule is Cc1ccccc1C(=O)N[C@H](CC(C)C)c1ccccc1. The fourth-order valence-corrected chi connectivity index (χ4v) is 2.50. The van der Waals surface area contributed by atoms with Crippen LogP contribution >= 0.6 is 0 Å². The molecule has 0 bridgehead atoms. The van der Waals surface area contributed by atoms with Gasteiger partial charge in [-0.3, -0.25) is 4.79 Å². The second-order valence-electron chi connectivity index (χ2n) is 5.88. The van der Waals surface area contributed by atoms with E-state index in [1.54, 1.807) is 0 Å². The number of aryl methyl sites for hydroxylation is 1. The van der Waals surface area contributed by atoms with Crippen molar-refractivity contribution in [3.8, 4) is 0 Å². The summed E-state index contributed by atoms with van der Waals surface area (Å²) in [6, 6.07) is 17.9. The van der Waals surface area contributed by atoms with Gasteiger partial charge in [-0.2, -0.15) is 0 Å². The molecule has 0 radical (unpaired) electrons. The highest BCUT2D eigenvalue weighted by molar-refractivity contribution is 5.95. The van der Waals surface area contributed by atoms with Crippen LogP contribution in [-0.4, -0.2) is 5.91 Å². The molecule has 0 unspecified atom stereocenters. The van der Waals surface area contributed by atoms with Crippen molar-refractivity contribution in [3.63, 3.8) is 0 Å². The van der Waals surface area contributed by atoms with E-state index >= 15 is 0 Å². The molecule has 0 fully saturated rings. The molecule has 0 saturated heterocycles. The minimum atomic E-state index is 0.00241. The number of hydrogen-bond acceptors (Lipinski definition) is 1. The number of carbonyl (C=O) groups is 1. The molecule has 0 spiro atoms. The second-order valence-corrected chi connectivity index (χ2v) is 5.88. The summed E-state index contributed by atoms with van der Waals surface area (Å²) in [7, 11) is 0. The average Bonchev–Trinajstić information content (AvgIpc) is 2.47. The molecule has 0 saturated carbocycles. The highest BCUT2D eigenvalue weighted by atomic mass is 16.1. The van der Waals surface area contributed by atoms with Crippen LogP contribution in [0.5, 0.6) is 0 Å². The quantitative estimate of drug-likeness (QED) is 0.858. The molecular formula is C19H23NO. The minimum Gasteiger partial charge on any atom is -0.345 e. The van der Waals surface area contributed by atoms with Crippen molar-refractivity contribution in [2.24, 2.45) is 5.92 Å². The summed E-state index contributed by atoms with van der Waals surface area (Å²) in [5.74, 6) is 0.523. The lowest BCUT2D eigenvalue weighted by Gasteiger charge is -2.21. The van der Waals surface area contributed by atoms with Crippen LogP contribution in [0.15, 0.2) is 54.6 Å². The predicted molar refractivity (Wildman–Crippen MR) is 87.3 cm³/mol. The maximum absolute atomic E-state index is 12.5. The number of rotatable bonds is 5.